The molecule has 0 radical (unpaired) electrons. The molecule has 6 nitrogen and oxygen atoms in total. The Kier molecular flexibility index (Phi) is 4.60. The standard InChI is InChI=1S/C13H17N5O/c1-2-3-4-10-5-7-11(8-6-10)13(19)14-9-12-15-17-18-16-12/h5-8H,2-4,9H2,1H3,(H,14,19)(H,15,16,17,18). The maximum atomic E-state index is 11.9. The molecule has 100 valence electrons. The van der Waals surface area contributed by atoms with Crippen molar-refractivity contribution in [1.29, 1.82) is 0 Å². The average molecular weight is 259 g/mol. The van der Waals surface area contributed by atoms with Crippen LogP contribution in [0.5, 0.6) is 0 Å². The molecule has 2 N–H and O–H groups in total. The topological polar surface area (TPSA) is 83.6 Å². The van der Waals surface area contributed by atoms with E-state index in [0.717, 1.165) is 6.42 Å². The maximum absolute atomic E-state index is 11.9. The molecular weight excluding hydrogens is 242 g/mol. The molecule has 6 heteroatoms. The van der Waals surface area contributed by atoms with Gasteiger partial charge in [-0.25, -0.2) is 0 Å². The highest BCUT2D eigenvalue weighted by atomic mass is 16.1. The van der Waals surface area contributed by atoms with Crippen molar-refractivity contribution in [3.8, 4) is 0 Å². The van der Waals surface area contributed by atoms with E-state index in [-0.39, 0.29) is 12.5 Å². The van der Waals surface area contributed by atoms with Crippen LogP contribution in [-0.4, -0.2) is 26.5 Å². The van der Waals surface area contributed by atoms with Crippen LogP contribution in [-0.2, 0) is 13.0 Å². The number of unbranched alkanes of at least 4 members (excludes halogenated alkanes) is 1. The van der Waals surface area contributed by atoms with E-state index in [4.69, 9.17) is 0 Å². The van der Waals surface area contributed by atoms with Crippen molar-refractivity contribution in [3.05, 3.63) is 41.2 Å². The molecule has 0 atom stereocenters. The number of aromatic amines is 1. The van der Waals surface area contributed by atoms with Crippen LogP contribution >= 0.6 is 0 Å². The van der Waals surface area contributed by atoms with Gasteiger partial charge in [-0.15, -0.1) is 10.2 Å². The second-order valence-corrected chi connectivity index (χ2v) is 4.31. The number of hydrogen-bond donors (Lipinski definition) is 2. The van der Waals surface area contributed by atoms with Gasteiger partial charge in [-0.1, -0.05) is 30.7 Å². The number of carbonyl (C=O) groups is 1. The molecule has 1 aromatic heterocycles. The van der Waals surface area contributed by atoms with Crippen molar-refractivity contribution in [2.75, 3.05) is 0 Å². The Labute approximate surface area is 111 Å². The molecular formula is C13H17N5O. The van der Waals surface area contributed by atoms with Gasteiger partial charge in [0.1, 0.15) is 0 Å². The minimum atomic E-state index is -0.133. The molecule has 0 spiro atoms. The molecule has 0 aliphatic carbocycles. The number of amides is 1. The quantitative estimate of drug-likeness (QED) is 0.823. The molecule has 0 fully saturated rings. The SMILES string of the molecule is CCCCc1ccc(C(=O)NCc2nn[nH]n2)cc1. The van der Waals surface area contributed by atoms with Crippen LogP contribution in [0.15, 0.2) is 24.3 Å². The van der Waals surface area contributed by atoms with E-state index in [1.54, 1.807) is 0 Å². The number of carbonyl (C=O) groups excluding carboxylic acids is 1. The summed E-state index contributed by atoms with van der Waals surface area (Å²) < 4.78 is 0. The van der Waals surface area contributed by atoms with Gasteiger partial charge in [0.15, 0.2) is 5.82 Å². The zero-order valence-electron chi connectivity index (χ0n) is 10.9. The predicted molar refractivity (Wildman–Crippen MR) is 70.4 cm³/mol. The number of H-pyrrole nitrogens is 1. The lowest BCUT2D eigenvalue weighted by atomic mass is 10.1. The molecule has 0 aliphatic heterocycles. The summed E-state index contributed by atoms with van der Waals surface area (Å²) in [6.07, 6.45) is 3.40. The van der Waals surface area contributed by atoms with E-state index >= 15 is 0 Å². The van der Waals surface area contributed by atoms with Crippen LogP contribution in [0.3, 0.4) is 0 Å². The number of hydrogen-bond acceptors (Lipinski definition) is 4. The van der Waals surface area contributed by atoms with Crippen molar-refractivity contribution < 1.29 is 4.79 Å². The summed E-state index contributed by atoms with van der Waals surface area (Å²) >= 11 is 0. The van der Waals surface area contributed by atoms with Crippen molar-refractivity contribution in [3.63, 3.8) is 0 Å². The third kappa shape index (κ3) is 3.87. The molecule has 19 heavy (non-hydrogen) atoms. The maximum Gasteiger partial charge on any atom is 0.251 e. The van der Waals surface area contributed by atoms with Crippen LogP contribution in [0, 0.1) is 0 Å². The fourth-order valence-electron chi connectivity index (χ4n) is 1.72. The van der Waals surface area contributed by atoms with Crippen molar-refractivity contribution >= 4 is 5.91 Å². The van der Waals surface area contributed by atoms with E-state index in [9.17, 15) is 4.79 Å². The molecule has 0 saturated carbocycles. The smallest absolute Gasteiger partial charge is 0.251 e. The van der Waals surface area contributed by atoms with Gasteiger partial charge in [-0.2, -0.15) is 5.21 Å². The minimum absolute atomic E-state index is 0.133. The lowest BCUT2D eigenvalue weighted by Crippen LogP contribution is -2.23. The number of benzene rings is 1. The van der Waals surface area contributed by atoms with Crippen molar-refractivity contribution in [2.45, 2.75) is 32.7 Å². The van der Waals surface area contributed by atoms with E-state index in [1.807, 2.05) is 24.3 Å². The van der Waals surface area contributed by atoms with Gasteiger partial charge < -0.3 is 5.32 Å². The van der Waals surface area contributed by atoms with Crippen LogP contribution in [0.25, 0.3) is 0 Å². The number of aromatic nitrogens is 4. The molecule has 0 saturated heterocycles. The van der Waals surface area contributed by atoms with Gasteiger partial charge in [0.2, 0.25) is 0 Å². The average Bonchev–Trinajstić information content (AvgIpc) is 2.96. The normalized spacial score (nSPS) is 10.4. The highest BCUT2D eigenvalue weighted by Gasteiger charge is 2.06. The second-order valence-electron chi connectivity index (χ2n) is 4.31. The highest BCUT2D eigenvalue weighted by molar-refractivity contribution is 5.94. The van der Waals surface area contributed by atoms with Gasteiger partial charge in [0.25, 0.3) is 5.91 Å². The monoisotopic (exact) mass is 259 g/mol. The summed E-state index contributed by atoms with van der Waals surface area (Å²) in [5.74, 6) is 0.333. The van der Waals surface area contributed by atoms with Crippen LogP contribution < -0.4 is 5.32 Å². The first kappa shape index (κ1) is 13.2. The molecule has 1 aromatic carbocycles. The zero-order chi connectivity index (χ0) is 13.5. The number of nitrogens with one attached hydrogen (secondary N) is 2. The van der Waals surface area contributed by atoms with Crippen molar-refractivity contribution in [2.24, 2.45) is 0 Å². The van der Waals surface area contributed by atoms with Gasteiger partial charge >= 0.3 is 0 Å². The minimum Gasteiger partial charge on any atom is -0.345 e. The Hall–Kier alpha value is -2.24. The lowest BCUT2D eigenvalue weighted by Gasteiger charge is -2.04. The predicted octanol–water partition coefficient (Wildman–Crippen LogP) is 1.47. The largest absolute Gasteiger partial charge is 0.345 e. The summed E-state index contributed by atoms with van der Waals surface area (Å²) in [7, 11) is 0. The summed E-state index contributed by atoms with van der Waals surface area (Å²) in [4.78, 5) is 11.9. The number of aryl methyl sites for hydroxylation is 1. The molecule has 1 amide bonds. The molecule has 1 heterocycles. The van der Waals surface area contributed by atoms with E-state index < -0.39 is 0 Å². The van der Waals surface area contributed by atoms with Crippen LogP contribution in [0.1, 0.15) is 41.5 Å². The Bertz CT molecular complexity index is 506. The summed E-state index contributed by atoms with van der Waals surface area (Å²) in [5, 5.41) is 16.0. The fourth-order valence-corrected chi connectivity index (χ4v) is 1.72. The second kappa shape index (κ2) is 6.63. The van der Waals surface area contributed by atoms with Crippen molar-refractivity contribution in [1.82, 2.24) is 25.9 Å². The van der Waals surface area contributed by atoms with Crippen LogP contribution in [0.2, 0.25) is 0 Å². The van der Waals surface area contributed by atoms with Crippen LogP contribution in [0.4, 0.5) is 0 Å². The van der Waals surface area contributed by atoms with Gasteiger partial charge in [-0.05, 0) is 30.5 Å². The van der Waals surface area contributed by atoms with E-state index in [1.165, 1.54) is 18.4 Å². The first-order valence-corrected chi connectivity index (χ1v) is 6.39. The third-order valence-electron chi connectivity index (χ3n) is 2.83. The fraction of sp³-hybridized carbons (Fsp3) is 0.385. The Morgan fingerprint density at radius 1 is 1.32 bits per heavy atom. The summed E-state index contributed by atoms with van der Waals surface area (Å²) in [5.41, 5.74) is 1.90. The van der Waals surface area contributed by atoms with E-state index in [2.05, 4.69) is 32.9 Å². The summed E-state index contributed by atoms with van der Waals surface area (Å²) in [6, 6.07) is 7.69. The molecule has 0 bridgehead atoms. The Morgan fingerprint density at radius 3 is 2.74 bits per heavy atom. The summed E-state index contributed by atoms with van der Waals surface area (Å²) in [6.45, 7) is 2.44. The highest BCUT2D eigenvalue weighted by Crippen LogP contribution is 2.08. The first-order valence-electron chi connectivity index (χ1n) is 6.39. The van der Waals surface area contributed by atoms with Gasteiger partial charge in [-0.3, -0.25) is 4.79 Å². The third-order valence-corrected chi connectivity index (χ3v) is 2.83. The Morgan fingerprint density at radius 2 is 2.11 bits per heavy atom. The van der Waals surface area contributed by atoms with E-state index in [0.29, 0.717) is 11.4 Å². The number of nitrogens with zero attached hydrogens (tertiary/aromatic N) is 3. The first-order chi connectivity index (χ1) is 9.29. The number of tetrazole rings is 1. The molecule has 0 aliphatic rings. The molecule has 2 aromatic rings. The molecule has 2 rings (SSSR count). The Balaban J connectivity index is 1.88. The molecule has 0 unspecified atom stereocenters. The number of rotatable bonds is 6. The van der Waals surface area contributed by atoms with Gasteiger partial charge in [0.05, 0.1) is 6.54 Å². The van der Waals surface area contributed by atoms with Gasteiger partial charge in [0, 0.05) is 5.56 Å². The zero-order valence-corrected chi connectivity index (χ0v) is 10.9. The lowest BCUT2D eigenvalue weighted by molar-refractivity contribution is 0.0950.